The number of benzene rings is 2. The topological polar surface area (TPSA) is 45.7 Å². The van der Waals surface area contributed by atoms with Crippen molar-refractivity contribution in [3.8, 4) is 5.75 Å². The Labute approximate surface area is 188 Å². The van der Waals surface area contributed by atoms with Gasteiger partial charge in [0, 0.05) is 24.7 Å². The van der Waals surface area contributed by atoms with E-state index in [4.69, 9.17) is 0 Å². The first kappa shape index (κ1) is 24.9. The third-order valence-corrected chi connectivity index (χ3v) is 5.49. The van der Waals surface area contributed by atoms with Gasteiger partial charge in [-0.15, -0.1) is 25.6 Å². The van der Waals surface area contributed by atoms with Crippen LogP contribution in [0.4, 0.5) is 18.3 Å². The summed E-state index contributed by atoms with van der Waals surface area (Å²) in [7, 11) is 3.80. The molecule has 0 N–H and O–H groups in total. The minimum atomic E-state index is -4.77. The van der Waals surface area contributed by atoms with Gasteiger partial charge in [0.25, 0.3) is 5.91 Å². The molecule has 31 heavy (non-hydrogen) atoms. The quantitative estimate of drug-likeness (QED) is 0.478. The van der Waals surface area contributed by atoms with Crippen LogP contribution in [0.25, 0.3) is 10.2 Å². The maximum Gasteiger partial charge on any atom is 0.573 e. The van der Waals surface area contributed by atoms with Crippen LogP contribution in [-0.4, -0.2) is 49.3 Å². The maximum absolute atomic E-state index is 13.4. The van der Waals surface area contributed by atoms with Gasteiger partial charge in [-0.1, -0.05) is 29.0 Å². The molecule has 0 bridgehead atoms. The van der Waals surface area contributed by atoms with E-state index in [2.05, 4.69) is 9.72 Å². The molecule has 0 aliphatic rings. The summed E-state index contributed by atoms with van der Waals surface area (Å²) < 4.78 is 42.1. The van der Waals surface area contributed by atoms with E-state index in [1.807, 2.05) is 51.0 Å². The van der Waals surface area contributed by atoms with E-state index in [9.17, 15) is 18.0 Å². The van der Waals surface area contributed by atoms with Gasteiger partial charge in [0.1, 0.15) is 5.75 Å². The van der Waals surface area contributed by atoms with Gasteiger partial charge >= 0.3 is 6.36 Å². The number of hydrogen-bond acceptors (Lipinski definition) is 5. The summed E-state index contributed by atoms with van der Waals surface area (Å²) in [6.45, 7) is 4.79. The molecule has 1 aromatic heterocycles. The van der Waals surface area contributed by atoms with Crippen LogP contribution >= 0.6 is 23.7 Å². The van der Waals surface area contributed by atoms with Gasteiger partial charge in [0.15, 0.2) is 5.13 Å². The van der Waals surface area contributed by atoms with Crippen molar-refractivity contribution in [3.05, 3.63) is 53.1 Å². The van der Waals surface area contributed by atoms with Gasteiger partial charge in [0.05, 0.1) is 10.2 Å². The summed E-state index contributed by atoms with van der Waals surface area (Å²) in [5.74, 6) is -0.505. The largest absolute Gasteiger partial charge is 0.573 e. The van der Waals surface area contributed by atoms with Gasteiger partial charge in [0.2, 0.25) is 0 Å². The highest BCUT2D eigenvalue weighted by molar-refractivity contribution is 7.22. The lowest BCUT2D eigenvalue weighted by Gasteiger charge is -2.23. The summed E-state index contributed by atoms with van der Waals surface area (Å²) >= 11 is 1.16. The zero-order valence-electron chi connectivity index (χ0n) is 17.5. The lowest BCUT2D eigenvalue weighted by atomic mass is 10.0. The molecule has 2 aromatic carbocycles. The number of thiazole rings is 1. The number of amides is 1. The van der Waals surface area contributed by atoms with Crippen LogP contribution in [0.15, 0.2) is 36.4 Å². The molecule has 0 unspecified atom stereocenters. The number of carbonyl (C=O) groups is 1. The molecule has 0 saturated carbocycles. The van der Waals surface area contributed by atoms with Gasteiger partial charge in [-0.25, -0.2) is 4.98 Å². The standard InChI is InChI=1S/C21H22F3N3O2S.ClH/c1-13-5-6-14(2)16(11-13)19(28)27(10-9-26(3)4)20-25-17-8-7-15(12-18(17)30-20)29-21(22,23)24;/h5-8,11-12H,9-10H2,1-4H3;1H. The van der Waals surface area contributed by atoms with Crippen molar-refractivity contribution in [2.45, 2.75) is 20.2 Å². The Kier molecular flexibility index (Phi) is 7.91. The number of halogens is 4. The number of alkyl halides is 3. The summed E-state index contributed by atoms with van der Waals surface area (Å²) in [6, 6.07) is 9.64. The number of rotatable bonds is 6. The molecule has 0 aliphatic heterocycles. The minimum absolute atomic E-state index is 0. The van der Waals surface area contributed by atoms with Crippen molar-refractivity contribution < 1.29 is 22.7 Å². The SMILES string of the molecule is Cc1ccc(C)c(C(=O)N(CCN(C)C)c2nc3ccc(OC(F)(F)F)cc3s2)c1.Cl. The molecule has 3 rings (SSSR count). The summed E-state index contributed by atoms with van der Waals surface area (Å²) in [4.78, 5) is 21.4. The van der Waals surface area contributed by atoms with Gasteiger partial charge < -0.3 is 9.64 Å². The van der Waals surface area contributed by atoms with E-state index < -0.39 is 6.36 Å². The van der Waals surface area contributed by atoms with E-state index >= 15 is 0 Å². The highest BCUT2D eigenvalue weighted by atomic mass is 35.5. The third kappa shape index (κ3) is 6.32. The zero-order chi connectivity index (χ0) is 22.1. The highest BCUT2D eigenvalue weighted by Gasteiger charge is 2.31. The number of aromatic nitrogens is 1. The van der Waals surface area contributed by atoms with Crippen molar-refractivity contribution in [3.63, 3.8) is 0 Å². The minimum Gasteiger partial charge on any atom is -0.406 e. The fraction of sp³-hybridized carbons (Fsp3) is 0.333. The molecule has 0 aliphatic carbocycles. The van der Waals surface area contributed by atoms with Crippen molar-refractivity contribution >= 4 is 45.0 Å². The average molecular weight is 474 g/mol. The molecular formula is C21H23ClF3N3O2S. The third-order valence-electron chi connectivity index (χ3n) is 4.45. The zero-order valence-corrected chi connectivity index (χ0v) is 19.1. The number of nitrogens with zero attached hydrogens (tertiary/aromatic N) is 3. The molecule has 0 fully saturated rings. The van der Waals surface area contributed by atoms with Crippen LogP contribution in [0, 0.1) is 13.8 Å². The van der Waals surface area contributed by atoms with Crippen LogP contribution in [0.1, 0.15) is 21.5 Å². The van der Waals surface area contributed by atoms with Gasteiger partial charge in [-0.05, 0) is 51.7 Å². The lowest BCUT2D eigenvalue weighted by Crippen LogP contribution is -2.37. The smallest absolute Gasteiger partial charge is 0.406 e. The molecular weight excluding hydrogens is 451 g/mol. The van der Waals surface area contributed by atoms with Crippen molar-refractivity contribution in [1.82, 2.24) is 9.88 Å². The Morgan fingerprint density at radius 1 is 1.10 bits per heavy atom. The van der Waals surface area contributed by atoms with E-state index in [1.54, 1.807) is 4.90 Å². The van der Waals surface area contributed by atoms with Crippen LogP contribution in [-0.2, 0) is 0 Å². The van der Waals surface area contributed by atoms with Crippen molar-refractivity contribution in [1.29, 1.82) is 0 Å². The molecule has 3 aromatic rings. The fourth-order valence-corrected chi connectivity index (χ4v) is 3.92. The first-order valence-corrected chi connectivity index (χ1v) is 10.1. The van der Waals surface area contributed by atoms with Crippen LogP contribution in [0.3, 0.4) is 0 Å². The second-order valence-corrected chi connectivity index (χ2v) is 8.26. The number of aryl methyl sites for hydroxylation is 2. The molecule has 5 nitrogen and oxygen atoms in total. The number of anilines is 1. The summed E-state index contributed by atoms with van der Waals surface area (Å²) in [5.41, 5.74) is 2.90. The predicted molar refractivity (Wildman–Crippen MR) is 120 cm³/mol. The number of likely N-dealkylation sites (N-methyl/N-ethyl adjacent to an activating group) is 1. The molecule has 0 spiro atoms. The lowest BCUT2D eigenvalue weighted by molar-refractivity contribution is -0.274. The number of carbonyl (C=O) groups excluding carboxylic acids is 1. The monoisotopic (exact) mass is 473 g/mol. The number of hydrogen-bond donors (Lipinski definition) is 0. The first-order chi connectivity index (χ1) is 14.0. The predicted octanol–water partition coefficient (Wildman–Crippen LogP) is 5.44. The molecule has 168 valence electrons. The Bertz CT molecular complexity index is 1070. The molecule has 1 amide bonds. The normalized spacial score (nSPS) is 11.5. The van der Waals surface area contributed by atoms with E-state index in [-0.39, 0.29) is 24.1 Å². The second-order valence-electron chi connectivity index (χ2n) is 7.25. The second kappa shape index (κ2) is 9.84. The van der Waals surface area contributed by atoms with Crippen molar-refractivity contribution in [2.75, 3.05) is 32.1 Å². The van der Waals surface area contributed by atoms with Gasteiger partial charge in [-0.2, -0.15) is 0 Å². The Hall–Kier alpha value is -2.36. The molecule has 0 saturated heterocycles. The molecule has 0 radical (unpaired) electrons. The Morgan fingerprint density at radius 2 is 1.81 bits per heavy atom. The maximum atomic E-state index is 13.4. The Morgan fingerprint density at radius 3 is 2.45 bits per heavy atom. The molecule has 1 heterocycles. The first-order valence-electron chi connectivity index (χ1n) is 9.23. The van der Waals surface area contributed by atoms with Gasteiger partial charge in [-0.3, -0.25) is 9.69 Å². The molecule has 0 atom stereocenters. The fourth-order valence-electron chi connectivity index (χ4n) is 2.90. The average Bonchev–Trinajstić information content (AvgIpc) is 3.05. The van der Waals surface area contributed by atoms with Crippen LogP contribution in [0.2, 0.25) is 0 Å². The van der Waals surface area contributed by atoms with E-state index in [1.165, 1.54) is 18.2 Å². The summed E-state index contributed by atoms with van der Waals surface area (Å²) in [5, 5.41) is 0.432. The van der Waals surface area contributed by atoms with E-state index in [0.717, 1.165) is 22.5 Å². The number of ether oxygens (including phenoxy) is 1. The number of fused-ring (bicyclic) bond motifs is 1. The van der Waals surface area contributed by atoms with Crippen LogP contribution < -0.4 is 9.64 Å². The van der Waals surface area contributed by atoms with E-state index in [0.29, 0.717) is 34.0 Å². The molecule has 10 heteroatoms. The highest BCUT2D eigenvalue weighted by Crippen LogP contribution is 2.34. The Balaban J connectivity index is 0.00000341. The summed E-state index contributed by atoms with van der Waals surface area (Å²) in [6.07, 6.45) is -4.77. The van der Waals surface area contributed by atoms with Crippen LogP contribution in [0.5, 0.6) is 5.75 Å². The van der Waals surface area contributed by atoms with Crippen molar-refractivity contribution in [2.24, 2.45) is 0 Å².